The number of rotatable bonds is 3. The third kappa shape index (κ3) is 2.62. The first-order valence-corrected chi connectivity index (χ1v) is 9.14. The molecule has 0 bridgehead atoms. The van der Waals surface area contributed by atoms with E-state index in [1.165, 1.54) is 81.8 Å². The molecule has 3 heterocycles. The van der Waals surface area contributed by atoms with Gasteiger partial charge in [0.25, 0.3) is 0 Å². The van der Waals surface area contributed by atoms with Gasteiger partial charge in [0.1, 0.15) is 12.1 Å². The second-order valence-corrected chi connectivity index (χ2v) is 7.28. The Bertz CT molecular complexity index is 516. The van der Waals surface area contributed by atoms with E-state index in [-0.39, 0.29) is 0 Å². The Hall–Kier alpha value is -1.16. The van der Waals surface area contributed by atoms with E-state index < -0.39 is 0 Å². The summed E-state index contributed by atoms with van der Waals surface area (Å²) in [6, 6.07) is 0.765. The lowest BCUT2D eigenvalue weighted by molar-refractivity contribution is 0.167. The van der Waals surface area contributed by atoms with E-state index in [1.54, 1.807) is 6.33 Å². The van der Waals surface area contributed by atoms with Crippen molar-refractivity contribution >= 4 is 5.82 Å². The first kappa shape index (κ1) is 14.4. The fourth-order valence-corrected chi connectivity index (χ4v) is 4.66. The summed E-state index contributed by atoms with van der Waals surface area (Å²) < 4.78 is 0. The van der Waals surface area contributed by atoms with Gasteiger partial charge in [0, 0.05) is 30.4 Å². The third-order valence-corrected chi connectivity index (χ3v) is 6.09. The monoisotopic (exact) mass is 300 g/mol. The highest BCUT2D eigenvalue weighted by atomic mass is 15.2. The minimum Gasteiger partial charge on any atom is -0.356 e. The zero-order valence-corrected chi connectivity index (χ0v) is 13.8. The van der Waals surface area contributed by atoms with Crippen molar-refractivity contribution in [2.24, 2.45) is 5.92 Å². The van der Waals surface area contributed by atoms with E-state index in [9.17, 15) is 0 Å². The van der Waals surface area contributed by atoms with Crippen LogP contribution >= 0.6 is 0 Å². The number of piperidine rings is 1. The lowest BCUT2D eigenvalue weighted by atomic mass is 9.89. The van der Waals surface area contributed by atoms with Crippen molar-refractivity contribution in [3.8, 4) is 0 Å². The first-order valence-electron chi connectivity index (χ1n) is 9.14. The Morgan fingerprint density at radius 2 is 1.77 bits per heavy atom. The lowest BCUT2D eigenvalue weighted by Crippen LogP contribution is -2.43. The number of fused-ring (bicyclic) bond motifs is 1. The summed E-state index contributed by atoms with van der Waals surface area (Å²) in [5, 5.41) is 0. The summed E-state index contributed by atoms with van der Waals surface area (Å²) in [7, 11) is 0. The Balaban J connectivity index is 1.41. The molecule has 120 valence electrons. The van der Waals surface area contributed by atoms with Gasteiger partial charge in [-0.25, -0.2) is 9.97 Å². The minimum absolute atomic E-state index is 0.765. The van der Waals surface area contributed by atoms with Crippen LogP contribution in [0.3, 0.4) is 0 Å². The van der Waals surface area contributed by atoms with Gasteiger partial charge >= 0.3 is 0 Å². The summed E-state index contributed by atoms with van der Waals surface area (Å²) in [5.74, 6) is 2.11. The molecule has 4 rings (SSSR count). The summed E-state index contributed by atoms with van der Waals surface area (Å²) >= 11 is 0. The normalized spacial score (nSPS) is 24.7. The smallest absolute Gasteiger partial charge is 0.135 e. The van der Waals surface area contributed by atoms with Crippen molar-refractivity contribution in [3.63, 3.8) is 0 Å². The fourth-order valence-electron chi connectivity index (χ4n) is 4.66. The van der Waals surface area contributed by atoms with Crippen molar-refractivity contribution in [1.82, 2.24) is 14.9 Å². The highest BCUT2D eigenvalue weighted by Crippen LogP contribution is 2.32. The van der Waals surface area contributed by atoms with Crippen LogP contribution in [0.25, 0.3) is 0 Å². The summed E-state index contributed by atoms with van der Waals surface area (Å²) in [5.41, 5.74) is 2.74. The van der Waals surface area contributed by atoms with Gasteiger partial charge in [-0.2, -0.15) is 0 Å². The molecule has 4 nitrogen and oxygen atoms in total. The Labute approximate surface area is 133 Å². The summed E-state index contributed by atoms with van der Waals surface area (Å²) in [6.07, 6.45) is 10.8. The Kier molecular flexibility index (Phi) is 4.03. The molecule has 4 heteroatoms. The maximum atomic E-state index is 4.63. The number of anilines is 1. The number of aryl methyl sites for hydroxylation is 1. The predicted octanol–water partition coefficient (Wildman–Crippen LogP) is 2.67. The van der Waals surface area contributed by atoms with Gasteiger partial charge in [-0.05, 0) is 70.9 Å². The van der Waals surface area contributed by atoms with Gasteiger partial charge in [0.05, 0.1) is 0 Å². The van der Waals surface area contributed by atoms with Crippen molar-refractivity contribution in [2.45, 2.75) is 57.9 Å². The highest BCUT2D eigenvalue weighted by molar-refractivity contribution is 5.50. The molecule has 0 spiro atoms. The van der Waals surface area contributed by atoms with Crippen molar-refractivity contribution in [2.75, 3.05) is 31.1 Å². The summed E-state index contributed by atoms with van der Waals surface area (Å²) in [4.78, 5) is 14.3. The first-order chi connectivity index (χ1) is 10.8. The molecular formula is C18H28N4. The van der Waals surface area contributed by atoms with E-state index >= 15 is 0 Å². The molecule has 1 unspecified atom stereocenters. The molecule has 3 aliphatic rings. The predicted molar refractivity (Wildman–Crippen MR) is 89.3 cm³/mol. The molecule has 1 aliphatic carbocycles. The minimum atomic E-state index is 0.765. The molecule has 0 saturated carbocycles. The van der Waals surface area contributed by atoms with Gasteiger partial charge in [0.15, 0.2) is 0 Å². The van der Waals surface area contributed by atoms with Crippen LogP contribution in [0.1, 0.15) is 50.3 Å². The van der Waals surface area contributed by atoms with Crippen LogP contribution in [0.5, 0.6) is 0 Å². The van der Waals surface area contributed by atoms with Gasteiger partial charge in [-0.3, -0.25) is 0 Å². The number of nitrogens with zero attached hydrogens (tertiary/aromatic N) is 4. The maximum Gasteiger partial charge on any atom is 0.135 e. The van der Waals surface area contributed by atoms with Crippen LogP contribution in [-0.2, 0) is 12.8 Å². The Morgan fingerprint density at radius 1 is 1.00 bits per heavy atom. The highest BCUT2D eigenvalue weighted by Gasteiger charge is 2.30. The molecule has 0 N–H and O–H groups in total. The van der Waals surface area contributed by atoms with Crippen LogP contribution in [-0.4, -0.2) is 47.1 Å². The molecule has 0 radical (unpaired) electrons. The second-order valence-electron chi connectivity index (χ2n) is 7.28. The van der Waals surface area contributed by atoms with E-state index in [0.717, 1.165) is 18.4 Å². The van der Waals surface area contributed by atoms with E-state index in [2.05, 4.69) is 26.7 Å². The average molecular weight is 300 g/mol. The molecule has 1 atom stereocenters. The molecule has 1 aromatic heterocycles. The molecule has 0 amide bonds. The topological polar surface area (TPSA) is 32.3 Å². The zero-order valence-electron chi connectivity index (χ0n) is 13.8. The largest absolute Gasteiger partial charge is 0.356 e. The van der Waals surface area contributed by atoms with Crippen LogP contribution in [0.2, 0.25) is 0 Å². The maximum absolute atomic E-state index is 4.63. The fraction of sp³-hybridized carbons (Fsp3) is 0.778. The van der Waals surface area contributed by atoms with Crippen molar-refractivity contribution in [1.29, 1.82) is 0 Å². The molecule has 2 saturated heterocycles. The van der Waals surface area contributed by atoms with Crippen LogP contribution in [0.4, 0.5) is 5.82 Å². The standard InChI is InChI=1S/C18H28N4/c1-14(21-9-2-3-10-21)15-7-11-22(12-8-15)18-16-5-4-6-17(16)19-13-20-18/h13-15H,2-12H2,1H3. The van der Waals surface area contributed by atoms with Gasteiger partial charge in [-0.1, -0.05) is 0 Å². The number of hydrogen-bond acceptors (Lipinski definition) is 4. The van der Waals surface area contributed by atoms with E-state index in [4.69, 9.17) is 0 Å². The quantitative estimate of drug-likeness (QED) is 0.859. The second kappa shape index (κ2) is 6.15. The molecule has 2 aliphatic heterocycles. The van der Waals surface area contributed by atoms with Gasteiger partial charge in [-0.15, -0.1) is 0 Å². The van der Waals surface area contributed by atoms with Crippen LogP contribution in [0.15, 0.2) is 6.33 Å². The molecule has 0 aromatic carbocycles. The molecule has 2 fully saturated rings. The van der Waals surface area contributed by atoms with E-state index in [0.29, 0.717) is 0 Å². The molecule has 22 heavy (non-hydrogen) atoms. The van der Waals surface area contributed by atoms with Gasteiger partial charge < -0.3 is 9.80 Å². The number of likely N-dealkylation sites (tertiary alicyclic amines) is 1. The average Bonchev–Trinajstić information content (AvgIpc) is 3.25. The molecular weight excluding hydrogens is 272 g/mol. The number of aromatic nitrogens is 2. The third-order valence-electron chi connectivity index (χ3n) is 6.09. The summed E-state index contributed by atoms with van der Waals surface area (Å²) in [6.45, 7) is 7.44. The van der Waals surface area contributed by atoms with Crippen LogP contribution < -0.4 is 4.90 Å². The Morgan fingerprint density at radius 3 is 2.55 bits per heavy atom. The SMILES string of the molecule is CC(C1CCN(c2ncnc3c2CCC3)CC1)N1CCCC1. The van der Waals surface area contributed by atoms with Crippen LogP contribution in [0, 0.1) is 5.92 Å². The number of hydrogen-bond donors (Lipinski definition) is 0. The molecule has 1 aromatic rings. The zero-order chi connectivity index (χ0) is 14.9. The van der Waals surface area contributed by atoms with Crippen molar-refractivity contribution in [3.05, 3.63) is 17.6 Å². The van der Waals surface area contributed by atoms with Crippen molar-refractivity contribution < 1.29 is 0 Å². The van der Waals surface area contributed by atoms with E-state index in [1.807, 2.05) is 0 Å². The lowest BCUT2D eigenvalue weighted by Gasteiger charge is -2.39. The van der Waals surface area contributed by atoms with Gasteiger partial charge in [0.2, 0.25) is 0 Å².